The minimum Gasteiger partial charge on any atom is -0.304 e. The van der Waals surface area contributed by atoms with Crippen LogP contribution in [0.25, 0.3) is 0 Å². The lowest BCUT2D eigenvalue weighted by Crippen LogP contribution is -2.44. The van der Waals surface area contributed by atoms with Crippen LogP contribution in [0, 0.1) is 0 Å². The smallest absolute Gasteiger partial charge is 0.116 e. The molecular weight excluding hydrogens is 150 g/mol. The van der Waals surface area contributed by atoms with Gasteiger partial charge in [0.25, 0.3) is 0 Å². The van der Waals surface area contributed by atoms with E-state index in [9.17, 15) is 0 Å². The zero-order valence-electron chi connectivity index (χ0n) is 8.76. The lowest BCUT2D eigenvalue weighted by Gasteiger charge is -2.39. The van der Waals surface area contributed by atoms with Gasteiger partial charge in [-0.05, 0) is 47.2 Å². The lowest BCUT2D eigenvalue weighted by molar-refractivity contribution is -0.106. The van der Waals surface area contributed by atoms with Gasteiger partial charge in [0.1, 0.15) is 6.29 Å². The first-order valence-corrected chi connectivity index (χ1v) is 4.65. The first-order valence-electron chi connectivity index (χ1n) is 4.65. The highest BCUT2D eigenvalue weighted by Gasteiger charge is 2.25. The Hall–Kier alpha value is -0.370. The van der Waals surface area contributed by atoms with Gasteiger partial charge in [-0.2, -0.15) is 0 Å². The molecule has 0 N–H and O–H groups in total. The molecule has 1 fully saturated rings. The SMILES string of the molecule is CC=O.CN1CCCCC1(C)C. The van der Waals surface area contributed by atoms with Crippen molar-refractivity contribution in [1.82, 2.24) is 4.90 Å². The molecule has 0 unspecified atom stereocenters. The van der Waals surface area contributed by atoms with Crippen molar-refractivity contribution in [2.75, 3.05) is 13.6 Å². The monoisotopic (exact) mass is 171 g/mol. The molecular formula is C10H21NO. The molecule has 0 bridgehead atoms. The summed E-state index contributed by atoms with van der Waals surface area (Å²) in [5, 5.41) is 0. The third-order valence-electron chi connectivity index (χ3n) is 2.57. The standard InChI is InChI=1S/C8H17N.C2H4O/c1-8(2)6-4-5-7-9(8)3;1-2-3/h4-7H2,1-3H3;2H,1H3. The van der Waals surface area contributed by atoms with E-state index in [0.29, 0.717) is 5.54 Å². The molecule has 0 spiro atoms. The van der Waals surface area contributed by atoms with Crippen LogP contribution < -0.4 is 0 Å². The normalized spacial score (nSPS) is 22.3. The number of rotatable bonds is 0. The van der Waals surface area contributed by atoms with Gasteiger partial charge in [0.15, 0.2) is 0 Å². The molecule has 1 heterocycles. The first kappa shape index (κ1) is 11.6. The summed E-state index contributed by atoms with van der Waals surface area (Å²) in [6.07, 6.45) is 4.92. The zero-order valence-corrected chi connectivity index (χ0v) is 8.76. The largest absolute Gasteiger partial charge is 0.304 e. The molecule has 0 aromatic heterocycles. The molecule has 2 nitrogen and oxygen atoms in total. The number of hydrogen-bond acceptors (Lipinski definition) is 2. The van der Waals surface area contributed by atoms with Gasteiger partial charge in [0, 0.05) is 5.54 Å². The van der Waals surface area contributed by atoms with Crippen LogP contribution in [0.4, 0.5) is 0 Å². The number of aldehydes is 1. The van der Waals surface area contributed by atoms with E-state index in [1.165, 1.54) is 32.7 Å². The van der Waals surface area contributed by atoms with E-state index in [1.54, 1.807) is 0 Å². The maximum absolute atomic E-state index is 8.81. The van der Waals surface area contributed by atoms with Gasteiger partial charge < -0.3 is 9.69 Å². The number of likely N-dealkylation sites (tertiary alicyclic amines) is 1. The molecule has 1 aliphatic rings. The summed E-state index contributed by atoms with van der Waals surface area (Å²) < 4.78 is 0. The molecule has 1 saturated heterocycles. The summed E-state index contributed by atoms with van der Waals surface area (Å²) in [5.74, 6) is 0. The van der Waals surface area contributed by atoms with E-state index >= 15 is 0 Å². The molecule has 0 atom stereocenters. The second-order valence-corrected chi connectivity index (χ2v) is 3.93. The Labute approximate surface area is 75.9 Å². The maximum Gasteiger partial charge on any atom is 0.116 e. The van der Waals surface area contributed by atoms with Gasteiger partial charge in [-0.25, -0.2) is 0 Å². The van der Waals surface area contributed by atoms with Crippen molar-refractivity contribution in [3.63, 3.8) is 0 Å². The van der Waals surface area contributed by atoms with Crippen molar-refractivity contribution in [3.05, 3.63) is 0 Å². The predicted molar refractivity (Wildman–Crippen MR) is 52.3 cm³/mol. The molecule has 0 aromatic rings. The second kappa shape index (κ2) is 5.31. The van der Waals surface area contributed by atoms with E-state index in [-0.39, 0.29) is 0 Å². The highest BCUT2D eigenvalue weighted by molar-refractivity contribution is 5.44. The Morgan fingerprint density at radius 2 is 1.83 bits per heavy atom. The number of nitrogens with zero attached hydrogens (tertiary/aromatic N) is 1. The number of hydrogen-bond donors (Lipinski definition) is 0. The quantitative estimate of drug-likeness (QED) is 0.520. The predicted octanol–water partition coefficient (Wildman–Crippen LogP) is 2.09. The Morgan fingerprint density at radius 1 is 1.33 bits per heavy atom. The average molecular weight is 171 g/mol. The van der Waals surface area contributed by atoms with E-state index in [4.69, 9.17) is 4.79 Å². The van der Waals surface area contributed by atoms with Crippen LogP contribution in [-0.2, 0) is 4.79 Å². The van der Waals surface area contributed by atoms with Gasteiger partial charge in [0.05, 0.1) is 0 Å². The molecule has 12 heavy (non-hydrogen) atoms. The van der Waals surface area contributed by atoms with Crippen molar-refractivity contribution in [2.45, 2.75) is 45.6 Å². The second-order valence-electron chi connectivity index (χ2n) is 3.93. The topological polar surface area (TPSA) is 20.3 Å². The first-order chi connectivity index (χ1) is 5.54. The fourth-order valence-electron chi connectivity index (χ4n) is 1.40. The Kier molecular flexibility index (Phi) is 5.14. The lowest BCUT2D eigenvalue weighted by atomic mass is 9.91. The van der Waals surface area contributed by atoms with Crippen molar-refractivity contribution < 1.29 is 4.79 Å². The van der Waals surface area contributed by atoms with E-state index < -0.39 is 0 Å². The molecule has 1 rings (SSSR count). The molecule has 2 heteroatoms. The van der Waals surface area contributed by atoms with Gasteiger partial charge in [0.2, 0.25) is 0 Å². The fraction of sp³-hybridized carbons (Fsp3) is 0.900. The van der Waals surface area contributed by atoms with Crippen LogP contribution in [0.2, 0.25) is 0 Å². The van der Waals surface area contributed by atoms with Crippen LogP contribution in [0.1, 0.15) is 40.0 Å². The molecule has 0 aromatic carbocycles. The maximum atomic E-state index is 8.81. The summed E-state index contributed by atoms with van der Waals surface area (Å²) in [5.41, 5.74) is 0.470. The van der Waals surface area contributed by atoms with Crippen molar-refractivity contribution in [2.24, 2.45) is 0 Å². The average Bonchev–Trinajstić information content (AvgIpc) is 1.97. The summed E-state index contributed by atoms with van der Waals surface area (Å²) >= 11 is 0. The number of carbonyl (C=O) groups excluding carboxylic acids is 1. The molecule has 0 radical (unpaired) electrons. The Balaban J connectivity index is 0.000000354. The highest BCUT2D eigenvalue weighted by Crippen LogP contribution is 2.24. The fourth-order valence-corrected chi connectivity index (χ4v) is 1.40. The van der Waals surface area contributed by atoms with Crippen molar-refractivity contribution in [3.8, 4) is 0 Å². The number of carbonyl (C=O) groups is 1. The van der Waals surface area contributed by atoms with Gasteiger partial charge in [-0.3, -0.25) is 0 Å². The minimum atomic E-state index is 0.470. The van der Waals surface area contributed by atoms with Gasteiger partial charge >= 0.3 is 0 Å². The molecule has 0 aliphatic carbocycles. The van der Waals surface area contributed by atoms with Gasteiger partial charge in [-0.1, -0.05) is 6.42 Å². The molecule has 1 aliphatic heterocycles. The summed E-state index contributed by atoms with van der Waals surface area (Å²) in [6, 6.07) is 0. The third kappa shape index (κ3) is 3.86. The van der Waals surface area contributed by atoms with Crippen LogP contribution in [-0.4, -0.2) is 30.3 Å². The summed E-state index contributed by atoms with van der Waals surface area (Å²) in [6.45, 7) is 7.38. The van der Waals surface area contributed by atoms with Crippen LogP contribution in [0.15, 0.2) is 0 Å². The van der Waals surface area contributed by atoms with Crippen LogP contribution in [0.3, 0.4) is 0 Å². The van der Waals surface area contributed by atoms with E-state index in [1.807, 2.05) is 0 Å². The third-order valence-corrected chi connectivity index (χ3v) is 2.57. The van der Waals surface area contributed by atoms with E-state index in [0.717, 1.165) is 6.29 Å². The van der Waals surface area contributed by atoms with Crippen LogP contribution >= 0.6 is 0 Å². The van der Waals surface area contributed by atoms with Crippen molar-refractivity contribution in [1.29, 1.82) is 0 Å². The zero-order chi connectivity index (χ0) is 9.61. The van der Waals surface area contributed by atoms with E-state index in [2.05, 4.69) is 25.8 Å². The van der Waals surface area contributed by atoms with Gasteiger partial charge in [-0.15, -0.1) is 0 Å². The Morgan fingerprint density at radius 3 is 2.08 bits per heavy atom. The van der Waals surface area contributed by atoms with Crippen LogP contribution in [0.5, 0.6) is 0 Å². The molecule has 0 amide bonds. The summed E-state index contributed by atoms with van der Waals surface area (Å²) in [4.78, 5) is 11.3. The summed E-state index contributed by atoms with van der Waals surface area (Å²) in [7, 11) is 2.22. The minimum absolute atomic E-state index is 0.470. The highest BCUT2D eigenvalue weighted by atomic mass is 16.1. The van der Waals surface area contributed by atoms with Crippen molar-refractivity contribution >= 4 is 6.29 Å². The molecule has 0 saturated carbocycles. The Bertz CT molecular complexity index is 132. The number of piperidine rings is 1. The molecule has 72 valence electrons.